The van der Waals surface area contributed by atoms with E-state index in [1.807, 2.05) is 24.3 Å². The van der Waals surface area contributed by atoms with Crippen molar-refractivity contribution in [2.75, 3.05) is 0 Å². The highest BCUT2D eigenvalue weighted by atomic mass is 32.1. The van der Waals surface area contributed by atoms with Crippen molar-refractivity contribution in [2.45, 2.75) is 39.2 Å². The average Bonchev–Trinajstić information content (AvgIpc) is 2.72. The molecule has 0 aliphatic heterocycles. The summed E-state index contributed by atoms with van der Waals surface area (Å²) in [6.07, 6.45) is -0.0680. The third-order valence-corrected chi connectivity index (χ3v) is 7.73. The normalized spacial score (nSPS) is 12.4. The number of hydrogen-bond donors (Lipinski definition) is 0. The molecule has 0 N–H and O–H groups in total. The summed E-state index contributed by atoms with van der Waals surface area (Å²) in [6.45, 7) is 8.74. The summed E-state index contributed by atoms with van der Waals surface area (Å²) < 4.78 is 6.83. The van der Waals surface area contributed by atoms with Crippen LogP contribution in [-0.4, -0.2) is 14.2 Å². The van der Waals surface area contributed by atoms with Crippen molar-refractivity contribution in [2.24, 2.45) is 4.99 Å². The number of benzene rings is 3. The van der Waals surface area contributed by atoms with E-state index < -0.39 is 9.04 Å². The Morgan fingerprint density at radius 1 is 0.862 bits per heavy atom. The molecule has 0 heterocycles. The molecule has 2 nitrogen and oxygen atoms in total. The average molecular weight is 418 g/mol. The second-order valence-electron chi connectivity index (χ2n) is 8.17. The summed E-state index contributed by atoms with van der Waals surface area (Å²) in [6, 6.07) is 27.3. The maximum Gasteiger partial charge on any atom is 0.240 e. The van der Waals surface area contributed by atoms with Crippen molar-refractivity contribution in [3.8, 4) is 0 Å². The highest BCUT2D eigenvalue weighted by molar-refractivity contribution is 7.78. The van der Waals surface area contributed by atoms with Crippen LogP contribution in [0.1, 0.15) is 44.9 Å². The number of rotatable bonds is 6. The third-order valence-electron chi connectivity index (χ3n) is 4.97. The topological polar surface area (TPSA) is 21.6 Å². The SMILES string of the molecule is CC(O[SiH](c1ccccc1)c1ccccc1)c1cccc(N=C=S)c1C(C)(C)C. The lowest BCUT2D eigenvalue weighted by atomic mass is 9.81. The van der Waals surface area contributed by atoms with Crippen LogP contribution < -0.4 is 10.4 Å². The number of isothiocyanates is 1. The number of hydrogen-bond acceptors (Lipinski definition) is 3. The van der Waals surface area contributed by atoms with Crippen LogP contribution in [0.2, 0.25) is 0 Å². The third kappa shape index (κ3) is 5.17. The molecule has 0 spiro atoms. The first-order valence-corrected chi connectivity index (χ1v) is 11.9. The summed E-state index contributed by atoms with van der Waals surface area (Å²) in [5.41, 5.74) is 3.11. The Kier molecular flexibility index (Phi) is 6.94. The molecule has 0 saturated heterocycles. The molecule has 3 aromatic carbocycles. The van der Waals surface area contributed by atoms with Gasteiger partial charge in [-0.1, -0.05) is 93.6 Å². The Bertz CT molecular complexity index is 953. The van der Waals surface area contributed by atoms with Crippen molar-refractivity contribution in [1.29, 1.82) is 0 Å². The molecule has 1 unspecified atom stereocenters. The first-order chi connectivity index (χ1) is 13.9. The maximum absolute atomic E-state index is 6.83. The summed E-state index contributed by atoms with van der Waals surface area (Å²) in [5.74, 6) is 0. The lowest BCUT2D eigenvalue weighted by Crippen LogP contribution is -2.45. The van der Waals surface area contributed by atoms with Crippen molar-refractivity contribution >= 4 is 42.5 Å². The van der Waals surface area contributed by atoms with Gasteiger partial charge in [0.05, 0.1) is 17.0 Å². The van der Waals surface area contributed by atoms with E-state index in [2.05, 4.69) is 92.4 Å². The first-order valence-electron chi connectivity index (χ1n) is 9.88. The summed E-state index contributed by atoms with van der Waals surface area (Å²) in [7, 11) is -1.85. The largest absolute Gasteiger partial charge is 0.404 e. The van der Waals surface area contributed by atoms with Gasteiger partial charge in [0.2, 0.25) is 9.04 Å². The molecule has 1 atom stereocenters. The molecule has 3 aromatic rings. The monoisotopic (exact) mass is 417 g/mol. The van der Waals surface area contributed by atoms with Crippen molar-refractivity contribution < 1.29 is 4.43 Å². The lowest BCUT2D eigenvalue weighted by Gasteiger charge is -2.29. The fourth-order valence-electron chi connectivity index (χ4n) is 3.74. The number of aliphatic imine (C=N–C) groups is 1. The zero-order valence-electron chi connectivity index (χ0n) is 17.4. The standard InChI is InChI=1S/C25H27NOSSi/c1-19(22-16-11-17-23(26-18-28)24(22)25(2,3)4)27-29(20-12-7-5-8-13-20)21-14-9-6-10-15-21/h5-17,19,29H,1-4H3. The van der Waals surface area contributed by atoms with Gasteiger partial charge < -0.3 is 4.43 Å². The van der Waals surface area contributed by atoms with Crippen LogP contribution in [-0.2, 0) is 9.84 Å². The molecule has 29 heavy (non-hydrogen) atoms. The molecule has 0 fully saturated rings. The highest BCUT2D eigenvalue weighted by Gasteiger charge is 2.27. The van der Waals surface area contributed by atoms with Crippen LogP contribution in [0.4, 0.5) is 5.69 Å². The summed E-state index contributed by atoms with van der Waals surface area (Å²) >= 11 is 4.88. The van der Waals surface area contributed by atoms with Crippen LogP contribution in [0.15, 0.2) is 83.9 Å². The summed E-state index contributed by atoms with van der Waals surface area (Å²) in [4.78, 5) is 4.33. The van der Waals surface area contributed by atoms with Gasteiger partial charge >= 0.3 is 0 Å². The lowest BCUT2D eigenvalue weighted by molar-refractivity contribution is 0.234. The van der Waals surface area contributed by atoms with Crippen LogP contribution in [0.5, 0.6) is 0 Å². The van der Waals surface area contributed by atoms with E-state index in [4.69, 9.17) is 16.6 Å². The van der Waals surface area contributed by atoms with Crippen molar-refractivity contribution in [1.82, 2.24) is 0 Å². The summed E-state index contributed by atoms with van der Waals surface area (Å²) in [5, 5.41) is 5.08. The minimum atomic E-state index is -1.85. The van der Waals surface area contributed by atoms with Crippen LogP contribution in [0.25, 0.3) is 0 Å². The highest BCUT2D eigenvalue weighted by Crippen LogP contribution is 2.38. The van der Waals surface area contributed by atoms with Gasteiger partial charge in [0.1, 0.15) is 0 Å². The fourth-order valence-corrected chi connectivity index (χ4v) is 6.23. The number of thiocarbonyl (C=S) groups is 1. The Labute approximate surface area is 181 Å². The molecule has 3 rings (SSSR count). The predicted octanol–water partition coefficient (Wildman–Crippen LogP) is 5.33. The molecular formula is C25H27NOSSi. The van der Waals surface area contributed by atoms with Gasteiger partial charge in [-0.05, 0) is 52.1 Å². The molecule has 0 amide bonds. The quantitative estimate of drug-likeness (QED) is 0.307. The van der Waals surface area contributed by atoms with Gasteiger partial charge in [-0.15, -0.1) is 0 Å². The van der Waals surface area contributed by atoms with E-state index in [0.717, 1.165) is 11.3 Å². The van der Waals surface area contributed by atoms with E-state index in [0.29, 0.717) is 0 Å². The minimum absolute atomic E-state index is 0.0680. The van der Waals surface area contributed by atoms with Crippen LogP contribution >= 0.6 is 12.2 Å². The molecule has 0 radical (unpaired) electrons. The van der Waals surface area contributed by atoms with Gasteiger partial charge in [-0.2, -0.15) is 4.99 Å². The van der Waals surface area contributed by atoms with Crippen molar-refractivity contribution in [3.63, 3.8) is 0 Å². The Hall–Kier alpha value is -2.36. The predicted molar refractivity (Wildman–Crippen MR) is 129 cm³/mol. The van der Waals surface area contributed by atoms with Gasteiger partial charge in [0.25, 0.3) is 0 Å². The van der Waals surface area contributed by atoms with Crippen LogP contribution in [0.3, 0.4) is 0 Å². The Morgan fingerprint density at radius 2 is 1.41 bits per heavy atom. The van der Waals surface area contributed by atoms with Crippen molar-refractivity contribution in [3.05, 3.63) is 90.0 Å². The smallest absolute Gasteiger partial charge is 0.240 e. The minimum Gasteiger partial charge on any atom is -0.404 e. The molecule has 0 aliphatic carbocycles. The van der Waals surface area contributed by atoms with Gasteiger partial charge in [-0.25, -0.2) is 0 Å². The molecule has 0 bridgehead atoms. The van der Waals surface area contributed by atoms with Gasteiger partial charge in [0, 0.05) is 0 Å². The molecule has 0 aliphatic rings. The number of nitrogens with zero attached hydrogens (tertiary/aromatic N) is 1. The fraction of sp³-hybridized carbons (Fsp3) is 0.240. The van der Waals surface area contributed by atoms with E-state index in [9.17, 15) is 0 Å². The van der Waals surface area contributed by atoms with Gasteiger partial charge in [-0.3, -0.25) is 0 Å². The molecule has 148 valence electrons. The van der Waals surface area contributed by atoms with E-state index in [1.54, 1.807) is 0 Å². The first kappa shape index (κ1) is 21.3. The van der Waals surface area contributed by atoms with E-state index >= 15 is 0 Å². The molecule has 4 heteroatoms. The molecule has 0 aromatic heterocycles. The second kappa shape index (κ2) is 9.42. The van der Waals surface area contributed by atoms with E-state index in [1.165, 1.54) is 15.9 Å². The zero-order valence-corrected chi connectivity index (χ0v) is 19.4. The van der Waals surface area contributed by atoms with Crippen LogP contribution in [0, 0.1) is 0 Å². The zero-order chi connectivity index (χ0) is 20.9. The second-order valence-corrected chi connectivity index (χ2v) is 10.7. The van der Waals surface area contributed by atoms with Gasteiger partial charge in [0.15, 0.2) is 0 Å². The Balaban J connectivity index is 2.04. The van der Waals surface area contributed by atoms with E-state index in [-0.39, 0.29) is 11.5 Å². The molecular weight excluding hydrogens is 390 g/mol. The Morgan fingerprint density at radius 3 is 1.90 bits per heavy atom. The molecule has 0 saturated carbocycles. The maximum atomic E-state index is 6.83.